The van der Waals surface area contributed by atoms with Crippen LogP contribution in [0.2, 0.25) is 0 Å². The van der Waals surface area contributed by atoms with Crippen LogP contribution in [-0.2, 0) is 11.3 Å². The second-order valence-electron chi connectivity index (χ2n) is 7.04. The molecule has 2 heterocycles. The first kappa shape index (κ1) is 18.8. The first-order chi connectivity index (χ1) is 14.0. The fourth-order valence-corrected chi connectivity index (χ4v) is 3.35. The van der Waals surface area contributed by atoms with Crippen LogP contribution >= 0.6 is 0 Å². The van der Waals surface area contributed by atoms with Crippen LogP contribution < -0.4 is 9.47 Å². The van der Waals surface area contributed by atoms with Crippen molar-refractivity contribution in [3.05, 3.63) is 77.1 Å². The average molecular weight is 389 g/mol. The largest absolute Gasteiger partial charge is 0.454 e. The van der Waals surface area contributed by atoms with Crippen LogP contribution in [0, 0.1) is 13.8 Å². The molecule has 0 bridgehead atoms. The summed E-state index contributed by atoms with van der Waals surface area (Å²) in [5.41, 5.74) is 4.91. The Balaban J connectivity index is 1.47. The third kappa shape index (κ3) is 3.87. The molecule has 3 aromatic rings. The van der Waals surface area contributed by atoms with E-state index in [1.54, 1.807) is 24.1 Å². The Kier molecular flexibility index (Phi) is 5.08. The molecule has 0 saturated heterocycles. The molecule has 0 aliphatic carbocycles. The van der Waals surface area contributed by atoms with Crippen LogP contribution in [0.4, 0.5) is 0 Å². The molecule has 1 aromatic heterocycles. The number of rotatable bonds is 5. The summed E-state index contributed by atoms with van der Waals surface area (Å²) in [6, 6.07) is 15.6. The molecule has 6 nitrogen and oxygen atoms in total. The molecule has 0 spiro atoms. The summed E-state index contributed by atoms with van der Waals surface area (Å²) < 4.78 is 12.6. The van der Waals surface area contributed by atoms with Crippen LogP contribution in [-0.4, -0.2) is 34.4 Å². The molecule has 0 atom stereocenters. The van der Waals surface area contributed by atoms with Crippen molar-refractivity contribution in [3.63, 3.8) is 0 Å². The molecule has 0 N–H and O–H groups in total. The summed E-state index contributed by atoms with van der Waals surface area (Å²) in [4.78, 5) is 14.3. The van der Waals surface area contributed by atoms with Crippen molar-refractivity contribution >= 4 is 12.0 Å². The van der Waals surface area contributed by atoms with Crippen molar-refractivity contribution in [1.29, 1.82) is 0 Å². The molecule has 0 fully saturated rings. The lowest BCUT2D eigenvalue weighted by Crippen LogP contribution is -2.24. The summed E-state index contributed by atoms with van der Waals surface area (Å²) in [5.74, 6) is 1.36. The van der Waals surface area contributed by atoms with Gasteiger partial charge < -0.3 is 14.4 Å². The van der Waals surface area contributed by atoms with E-state index in [1.807, 2.05) is 67.1 Å². The minimum absolute atomic E-state index is 0.0751. The van der Waals surface area contributed by atoms with Crippen molar-refractivity contribution in [2.75, 3.05) is 13.8 Å². The highest BCUT2D eigenvalue weighted by Gasteiger charge is 2.16. The standard InChI is InChI=1S/C23H23N3O3/c1-16-20(17(2)26(24-16)19-7-5-4-6-8-19)14-25(3)23(27)12-10-18-9-11-21-22(13-18)29-15-28-21/h4-13H,14-15H2,1-3H3. The number of fused-ring (bicyclic) bond motifs is 1. The zero-order valence-corrected chi connectivity index (χ0v) is 16.8. The lowest BCUT2D eigenvalue weighted by atomic mass is 10.1. The lowest BCUT2D eigenvalue weighted by Gasteiger charge is -2.15. The van der Waals surface area contributed by atoms with E-state index < -0.39 is 0 Å². The minimum atomic E-state index is -0.0751. The molecule has 29 heavy (non-hydrogen) atoms. The monoisotopic (exact) mass is 389 g/mol. The predicted octanol–water partition coefficient (Wildman–Crippen LogP) is 3.89. The highest BCUT2D eigenvalue weighted by atomic mass is 16.7. The number of para-hydroxylation sites is 1. The molecular formula is C23H23N3O3. The number of aromatic nitrogens is 2. The number of hydrogen-bond acceptors (Lipinski definition) is 4. The van der Waals surface area contributed by atoms with Gasteiger partial charge in [0, 0.05) is 30.9 Å². The Morgan fingerprint density at radius 3 is 2.69 bits per heavy atom. The molecule has 0 unspecified atom stereocenters. The van der Waals surface area contributed by atoms with E-state index in [-0.39, 0.29) is 12.7 Å². The van der Waals surface area contributed by atoms with Gasteiger partial charge in [-0.15, -0.1) is 0 Å². The molecule has 4 rings (SSSR count). The Hall–Kier alpha value is -3.54. The second kappa shape index (κ2) is 7.83. The number of benzene rings is 2. The molecule has 1 amide bonds. The molecule has 1 aliphatic heterocycles. The van der Waals surface area contributed by atoms with Gasteiger partial charge in [-0.25, -0.2) is 4.68 Å². The summed E-state index contributed by atoms with van der Waals surface area (Å²) in [5, 5.41) is 4.65. The molecule has 2 aromatic carbocycles. The predicted molar refractivity (Wildman–Crippen MR) is 111 cm³/mol. The molecule has 0 saturated carbocycles. The van der Waals surface area contributed by atoms with Crippen LogP contribution in [0.5, 0.6) is 11.5 Å². The average Bonchev–Trinajstić information content (AvgIpc) is 3.31. The Bertz CT molecular complexity index is 1070. The molecule has 0 radical (unpaired) electrons. The highest BCUT2D eigenvalue weighted by Crippen LogP contribution is 2.32. The van der Waals surface area contributed by atoms with E-state index in [0.717, 1.165) is 34.0 Å². The van der Waals surface area contributed by atoms with Gasteiger partial charge in [-0.05, 0) is 49.8 Å². The van der Waals surface area contributed by atoms with Gasteiger partial charge in [0.15, 0.2) is 11.5 Å². The van der Waals surface area contributed by atoms with Crippen LogP contribution in [0.25, 0.3) is 11.8 Å². The number of aryl methyl sites for hydroxylation is 1. The number of carbonyl (C=O) groups is 1. The summed E-state index contributed by atoms with van der Waals surface area (Å²) in [6.07, 6.45) is 3.36. The van der Waals surface area contributed by atoms with E-state index in [4.69, 9.17) is 9.47 Å². The van der Waals surface area contributed by atoms with E-state index in [9.17, 15) is 4.79 Å². The summed E-state index contributed by atoms with van der Waals surface area (Å²) in [6.45, 7) is 4.74. The number of nitrogens with zero attached hydrogens (tertiary/aromatic N) is 3. The van der Waals surface area contributed by atoms with Crippen LogP contribution in [0.15, 0.2) is 54.6 Å². The van der Waals surface area contributed by atoms with Gasteiger partial charge in [0.25, 0.3) is 0 Å². The van der Waals surface area contributed by atoms with Crippen LogP contribution in [0.3, 0.4) is 0 Å². The Morgan fingerprint density at radius 1 is 1.14 bits per heavy atom. The van der Waals surface area contributed by atoms with E-state index in [2.05, 4.69) is 5.10 Å². The number of likely N-dealkylation sites (N-methyl/N-ethyl adjacent to an activating group) is 1. The second-order valence-corrected chi connectivity index (χ2v) is 7.04. The van der Waals surface area contributed by atoms with Crippen molar-refractivity contribution < 1.29 is 14.3 Å². The summed E-state index contributed by atoms with van der Waals surface area (Å²) in [7, 11) is 1.80. The number of ether oxygens (including phenoxy) is 2. The van der Waals surface area contributed by atoms with Crippen molar-refractivity contribution in [3.8, 4) is 17.2 Å². The first-order valence-corrected chi connectivity index (χ1v) is 9.46. The van der Waals surface area contributed by atoms with Gasteiger partial charge in [-0.2, -0.15) is 5.10 Å². The van der Waals surface area contributed by atoms with Gasteiger partial charge in [-0.1, -0.05) is 24.3 Å². The molecule has 148 valence electrons. The fraction of sp³-hybridized carbons (Fsp3) is 0.217. The maximum absolute atomic E-state index is 12.6. The van der Waals surface area contributed by atoms with Gasteiger partial charge >= 0.3 is 0 Å². The lowest BCUT2D eigenvalue weighted by molar-refractivity contribution is -0.125. The van der Waals surface area contributed by atoms with E-state index >= 15 is 0 Å². The third-order valence-electron chi connectivity index (χ3n) is 5.03. The number of amides is 1. The number of carbonyl (C=O) groups excluding carboxylic acids is 1. The quantitative estimate of drug-likeness (QED) is 0.621. The van der Waals surface area contributed by atoms with Gasteiger partial charge in [0.05, 0.1) is 11.4 Å². The van der Waals surface area contributed by atoms with Crippen molar-refractivity contribution in [2.45, 2.75) is 20.4 Å². The van der Waals surface area contributed by atoms with E-state index in [0.29, 0.717) is 12.3 Å². The smallest absolute Gasteiger partial charge is 0.246 e. The summed E-state index contributed by atoms with van der Waals surface area (Å²) >= 11 is 0. The van der Waals surface area contributed by atoms with Gasteiger partial charge in [-0.3, -0.25) is 4.79 Å². The Morgan fingerprint density at radius 2 is 1.90 bits per heavy atom. The topological polar surface area (TPSA) is 56.6 Å². The molecule has 6 heteroatoms. The van der Waals surface area contributed by atoms with Crippen molar-refractivity contribution in [1.82, 2.24) is 14.7 Å². The zero-order valence-electron chi connectivity index (χ0n) is 16.8. The fourth-order valence-electron chi connectivity index (χ4n) is 3.35. The molecule has 1 aliphatic rings. The van der Waals surface area contributed by atoms with E-state index in [1.165, 1.54) is 0 Å². The van der Waals surface area contributed by atoms with Gasteiger partial charge in [0.2, 0.25) is 12.7 Å². The first-order valence-electron chi connectivity index (χ1n) is 9.46. The number of hydrogen-bond donors (Lipinski definition) is 0. The maximum atomic E-state index is 12.6. The third-order valence-corrected chi connectivity index (χ3v) is 5.03. The molecular weight excluding hydrogens is 366 g/mol. The van der Waals surface area contributed by atoms with Gasteiger partial charge in [0.1, 0.15) is 0 Å². The zero-order chi connectivity index (χ0) is 20.4. The van der Waals surface area contributed by atoms with Crippen LogP contribution in [0.1, 0.15) is 22.5 Å². The minimum Gasteiger partial charge on any atom is -0.454 e. The SMILES string of the molecule is Cc1nn(-c2ccccc2)c(C)c1CN(C)C(=O)C=Cc1ccc2c(c1)OCO2. The highest BCUT2D eigenvalue weighted by molar-refractivity contribution is 5.91. The maximum Gasteiger partial charge on any atom is 0.246 e. The Labute approximate surface area is 170 Å². The normalized spacial score (nSPS) is 12.5. The van der Waals surface area contributed by atoms with Crippen molar-refractivity contribution in [2.24, 2.45) is 0 Å².